The van der Waals surface area contributed by atoms with E-state index in [1.54, 1.807) is 24.3 Å². The maximum Gasteiger partial charge on any atom is 0.446 e. The van der Waals surface area contributed by atoms with Crippen LogP contribution < -0.4 is 5.32 Å². The molecule has 1 atom stereocenters. The van der Waals surface area contributed by atoms with Gasteiger partial charge < -0.3 is 5.32 Å². The van der Waals surface area contributed by atoms with Gasteiger partial charge in [-0.25, -0.2) is 0 Å². The van der Waals surface area contributed by atoms with E-state index in [0.717, 1.165) is 31.7 Å². The van der Waals surface area contributed by atoms with Gasteiger partial charge in [0.2, 0.25) is 0 Å². The molecule has 114 valence electrons. The third-order valence-corrected chi connectivity index (χ3v) is 4.03. The summed E-state index contributed by atoms with van der Waals surface area (Å²) < 4.78 is 36.7. The molecule has 1 aliphatic rings. The van der Waals surface area contributed by atoms with E-state index in [9.17, 15) is 13.2 Å². The van der Waals surface area contributed by atoms with Gasteiger partial charge in [0.05, 0.1) is 0 Å². The van der Waals surface area contributed by atoms with E-state index in [1.165, 1.54) is 0 Å². The molecule has 1 aromatic carbocycles. The van der Waals surface area contributed by atoms with Gasteiger partial charge in [-0.15, -0.1) is 12.4 Å². The quantitative estimate of drug-likeness (QED) is 0.853. The number of nitrogens with zero attached hydrogens (tertiary/aromatic N) is 1. The van der Waals surface area contributed by atoms with Crippen LogP contribution in [0.3, 0.4) is 0 Å². The standard InChI is InChI=1S/C13H17F3N2S.ClH/c1-10(18-8-6-17-7-9-18)11-2-4-12(5-3-11)19-13(14,15)16;/h2-5,10,17H,6-9H2,1H3;1H/t10-;/m0./s1. The Balaban J connectivity index is 0.00000200. The second-order valence-electron chi connectivity index (χ2n) is 4.58. The van der Waals surface area contributed by atoms with Crippen LogP contribution in [0.25, 0.3) is 0 Å². The number of hydrogen-bond donors (Lipinski definition) is 1. The Bertz CT molecular complexity index is 405. The highest BCUT2D eigenvalue weighted by molar-refractivity contribution is 8.00. The summed E-state index contributed by atoms with van der Waals surface area (Å²) in [5.41, 5.74) is -3.15. The third kappa shape index (κ3) is 5.16. The highest BCUT2D eigenvalue weighted by Crippen LogP contribution is 2.37. The van der Waals surface area contributed by atoms with Gasteiger partial charge in [0.15, 0.2) is 0 Å². The Morgan fingerprint density at radius 2 is 1.70 bits per heavy atom. The molecule has 1 aliphatic heterocycles. The van der Waals surface area contributed by atoms with Crippen molar-refractivity contribution in [2.75, 3.05) is 26.2 Å². The molecule has 0 bridgehead atoms. The summed E-state index contributed by atoms with van der Waals surface area (Å²) in [5, 5.41) is 3.29. The Morgan fingerprint density at radius 3 is 2.20 bits per heavy atom. The van der Waals surface area contributed by atoms with Gasteiger partial charge in [0.1, 0.15) is 0 Å². The van der Waals surface area contributed by atoms with E-state index in [4.69, 9.17) is 0 Å². The van der Waals surface area contributed by atoms with Crippen molar-refractivity contribution in [1.82, 2.24) is 10.2 Å². The minimum absolute atomic E-state index is 0. The van der Waals surface area contributed by atoms with E-state index in [0.29, 0.717) is 0 Å². The zero-order valence-corrected chi connectivity index (χ0v) is 12.7. The van der Waals surface area contributed by atoms with Crippen molar-refractivity contribution in [2.24, 2.45) is 0 Å². The Kier molecular flexibility index (Phi) is 6.64. The Hall–Kier alpha value is -0.430. The van der Waals surface area contributed by atoms with Gasteiger partial charge in [-0.1, -0.05) is 12.1 Å². The lowest BCUT2D eigenvalue weighted by molar-refractivity contribution is -0.0328. The highest BCUT2D eigenvalue weighted by atomic mass is 35.5. The molecule has 1 saturated heterocycles. The summed E-state index contributed by atoms with van der Waals surface area (Å²) in [7, 11) is 0. The minimum Gasteiger partial charge on any atom is -0.314 e. The summed E-state index contributed by atoms with van der Waals surface area (Å²) in [6.45, 7) is 5.97. The monoisotopic (exact) mass is 326 g/mol. The molecule has 0 unspecified atom stereocenters. The van der Waals surface area contributed by atoms with Crippen LogP contribution in [-0.2, 0) is 0 Å². The molecular formula is C13H18ClF3N2S. The Morgan fingerprint density at radius 1 is 1.15 bits per heavy atom. The molecule has 1 fully saturated rings. The first kappa shape index (κ1) is 17.6. The zero-order valence-electron chi connectivity index (χ0n) is 11.1. The largest absolute Gasteiger partial charge is 0.446 e. The lowest BCUT2D eigenvalue weighted by Gasteiger charge is -2.33. The highest BCUT2D eigenvalue weighted by Gasteiger charge is 2.29. The number of benzene rings is 1. The van der Waals surface area contributed by atoms with Crippen molar-refractivity contribution in [3.63, 3.8) is 0 Å². The molecule has 0 spiro atoms. The second kappa shape index (κ2) is 7.54. The number of nitrogens with one attached hydrogen (secondary N) is 1. The lowest BCUT2D eigenvalue weighted by atomic mass is 10.1. The summed E-state index contributed by atoms with van der Waals surface area (Å²) in [6.07, 6.45) is 0. The fourth-order valence-electron chi connectivity index (χ4n) is 2.23. The molecule has 0 radical (unpaired) electrons. The van der Waals surface area contributed by atoms with Crippen LogP contribution in [0.15, 0.2) is 29.2 Å². The van der Waals surface area contributed by atoms with Crippen LogP contribution in [0.5, 0.6) is 0 Å². The van der Waals surface area contributed by atoms with Crippen molar-refractivity contribution < 1.29 is 13.2 Å². The SMILES string of the molecule is C[C@@H](c1ccc(SC(F)(F)F)cc1)N1CCNCC1.Cl. The molecule has 0 amide bonds. The van der Waals surface area contributed by atoms with Crippen LogP contribution in [0.4, 0.5) is 13.2 Å². The van der Waals surface area contributed by atoms with E-state index < -0.39 is 5.51 Å². The average Bonchev–Trinajstić information content (AvgIpc) is 2.38. The molecule has 1 aromatic rings. The van der Waals surface area contributed by atoms with Crippen molar-refractivity contribution in [3.8, 4) is 0 Å². The molecule has 1 heterocycles. The molecule has 2 nitrogen and oxygen atoms in total. The summed E-state index contributed by atoms with van der Waals surface area (Å²) in [4.78, 5) is 2.58. The van der Waals surface area contributed by atoms with Gasteiger partial charge in [-0.05, 0) is 36.4 Å². The first-order chi connectivity index (χ1) is 8.96. The number of rotatable bonds is 3. The summed E-state index contributed by atoms with van der Waals surface area (Å²) in [6, 6.07) is 6.92. The van der Waals surface area contributed by atoms with Gasteiger partial charge >= 0.3 is 5.51 Å². The first-order valence-electron chi connectivity index (χ1n) is 6.26. The van der Waals surface area contributed by atoms with Crippen molar-refractivity contribution in [2.45, 2.75) is 23.4 Å². The maximum absolute atomic E-state index is 12.2. The average molecular weight is 327 g/mol. The fraction of sp³-hybridized carbons (Fsp3) is 0.538. The molecule has 0 aromatic heterocycles. The van der Waals surface area contributed by atoms with E-state index >= 15 is 0 Å². The van der Waals surface area contributed by atoms with Gasteiger partial charge in [-0.3, -0.25) is 4.90 Å². The number of halogens is 4. The number of thioether (sulfide) groups is 1. The van der Waals surface area contributed by atoms with E-state index in [2.05, 4.69) is 17.1 Å². The maximum atomic E-state index is 12.2. The van der Waals surface area contributed by atoms with Crippen molar-refractivity contribution >= 4 is 24.2 Å². The number of hydrogen-bond acceptors (Lipinski definition) is 3. The van der Waals surface area contributed by atoms with Gasteiger partial charge in [0.25, 0.3) is 0 Å². The molecule has 2 rings (SSSR count). The number of piperazine rings is 1. The molecular weight excluding hydrogens is 309 g/mol. The normalized spacial score (nSPS) is 18.4. The van der Waals surface area contributed by atoms with Crippen molar-refractivity contribution in [3.05, 3.63) is 29.8 Å². The van der Waals surface area contributed by atoms with Crippen LogP contribution in [0.1, 0.15) is 18.5 Å². The predicted octanol–water partition coefficient (Wildman–Crippen LogP) is 3.69. The molecule has 0 aliphatic carbocycles. The third-order valence-electron chi connectivity index (χ3n) is 3.30. The first-order valence-corrected chi connectivity index (χ1v) is 7.08. The van der Waals surface area contributed by atoms with E-state index in [1.807, 2.05) is 0 Å². The van der Waals surface area contributed by atoms with Crippen LogP contribution >= 0.6 is 24.2 Å². The minimum atomic E-state index is -4.22. The summed E-state index contributed by atoms with van der Waals surface area (Å²) in [5.74, 6) is 0. The topological polar surface area (TPSA) is 15.3 Å². The molecule has 0 saturated carbocycles. The lowest BCUT2D eigenvalue weighted by Crippen LogP contribution is -2.44. The zero-order chi connectivity index (χ0) is 13.9. The van der Waals surface area contributed by atoms with Crippen molar-refractivity contribution in [1.29, 1.82) is 0 Å². The molecule has 7 heteroatoms. The van der Waals surface area contributed by atoms with Crippen LogP contribution in [-0.4, -0.2) is 36.6 Å². The summed E-state index contributed by atoms with van der Waals surface area (Å²) >= 11 is -0.0669. The Labute approximate surface area is 127 Å². The number of alkyl halides is 3. The van der Waals surface area contributed by atoms with Crippen LogP contribution in [0.2, 0.25) is 0 Å². The predicted molar refractivity (Wildman–Crippen MR) is 78.5 cm³/mol. The van der Waals surface area contributed by atoms with Gasteiger partial charge in [-0.2, -0.15) is 13.2 Å². The molecule has 1 N–H and O–H groups in total. The smallest absolute Gasteiger partial charge is 0.314 e. The second-order valence-corrected chi connectivity index (χ2v) is 5.72. The van der Waals surface area contributed by atoms with Gasteiger partial charge in [0, 0.05) is 37.1 Å². The van der Waals surface area contributed by atoms with E-state index in [-0.39, 0.29) is 35.1 Å². The van der Waals surface area contributed by atoms with Crippen LogP contribution in [0, 0.1) is 0 Å². The fourth-order valence-corrected chi connectivity index (χ4v) is 2.77. The molecule has 20 heavy (non-hydrogen) atoms.